The van der Waals surface area contributed by atoms with Gasteiger partial charge in [-0.1, -0.05) is 11.6 Å². The van der Waals surface area contributed by atoms with Crippen LogP contribution in [-0.4, -0.2) is 23.4 Å². The smallest absolute Gasteiger partial charge is 0.262 e. The topological polar surface area (TPSA) is 80.3 Å². The van der Waals surface area contributed by atoms with Crippen LogP contribution in [0.2, 0.25) is 0 Å². The van der Waals surface area contributed by atoms with Gasteiger partial charge in [-0.25, -0.2) is 0 Å². The Morgan fingerprint density at radius 2 is 2.00 bits per heavy atom. The monoisotopic (exact) mass is 387 g/mol. The van der Waals surface area contributed by atoms with Crippen molar-refractivity contribution in [2.24, 2.45) is 0 Å². The van der Waals surface area contributed by atoms with Crippen LogP contribution in [0.3, 0.4) is 0 Å². The molecular weight excluding hydrogens is 366 g/mol. The largest absolute Gasteiger partial charge is 0.482 e. The summed E-state index contributed by atoms with van der Waals surface area (Å²) in [5.41, 5.74) is 5.93. The fourth-order valence-electron chi connectivity index (χ4n) is 4.15. The van der Waals surface area contributed by atoms with Gasteiger partial charge in [0, 0.05) is 16.8 Å². The highest BCUT2D eigenvalue weighted by Crippen LogP contribution is 2.33. The third-order valence-corrected chi connectivity index (χ3v) is 5.51. The summed E-state index contributed by atoms with van der Waals surface area (Å²) in [5, 5.41) is 6.67. The normalized spacial score (nSPS) is 15.1. The first-order chi connectivity index (χ1) is 14.1. The number of aromatic nitrogens is 1. The number of rotatable bonds is 2. The Hall–Kier alpha value is -3.41. The molecule has 6 heteroatoms. The van der Waals surface area contributed by atoms with Crippen LogP contribution in [0.15, 0.2) is 36.4 Å². The number of hydrogen-bond donors (Lipinski definition) is 2. The molecule has 0 fully saturated rings. The van der Waals surface area contributed by atoms with Crippen LogP contribution in [0.5, 0.6) is 5.75 Å². The standard InChI is InChI=1S/C23H21N3O3/c1-13-6-8-18-16(10-13)22(15-4-2-3-5-17(15)25-18)23(28)24-14-7-9-20-19(11-14)26-21(27)12-29-20/h6-11H,2-5,12H2,1H3,(H,24,28)(H,26,27). The maximum Gasteiger partial charge on any atom is 0.262 e. The minimum atomic E-state index is -0.203. The summed E-state index contributed by atoms with van der Waals surface area (Å²) in [4.78, 5) is 29.8. The third-order valence-electron chi connectivity index (χ3n) is 5.51. The van der Waals surface area contributed by atoms with Gasteiger partial charge >= 0.3 is 0 Å². The quantitative estimate of drug-likeness (QED) is 0.696. The van der Waals surface area contributed by atoms with Crippen molar-refractivity contribution in [1.82, 2.24) is 4.98 Å². The Morgan fingerprint density at radius 1 is 1.14 bits per heavy atom. The lowest BCUT2D eigenvalue weighted by atomic mass is 9.89. The number of carbonyl (C=O) groups excluding carboxylic acids is 2. The molecule has 0 unspecified atom stereocenters. The van der Waals surface area contributed by atoms with Crippen molar-refractivity contribution in [3.05, 3.63) is 58.8 Å². The van der Waals surface area contributed by atoms with Crippen LogP contribution in [0.1, 0.15) is 40.0 Å². The van der Waals surface area contributed by atoms with E-state index in [1.54, 1.807) is 18.2 Å². The zero-order valence-electron chi connectivity index (χ0n) is 16.2. The Kier molecular flexibility index (Phi) is 4.19. The van der Waals surface area contributed by atoms with E-state index in [0.29, 0.717) is 22.7 Å². The van der Waals surface area contributed by atoms with Gasteiger partial charge < -0.3 is 15.4 Å². The average molecular weight is 387 g/mol. The maximum absolute atomic E-state index is 13.4. The van der Waals surface area contributed by atoms with E-state index in [1.165, 1.54) is 0 Å². The Labute approximate surface area is 168 Å². The minimum Gasteiger partial charge on any atom is -0.482 e. The van der Waals surface area contributed by atoms with Crippen LogP contribution in [-0.2, 0) is 17.6 Å². The second-order valence-electron chi connectivity index (χ2n) is 7.64. The fourth-order valence-corrected chi connectivity index (χ4v) is 4.15. The van der Waals surface area contributed by atoms with Crippen molar-refractivity contribution >= 4 is 34.1 Å². The van der Waals surface area contributed by atoms with E-state index in [-0.39, 0.29) is 18.4 Å². The number of benzene rings is 2. The van der Waals surface area contributed by atoms with Crippen molar-refractivity contribution in [2.75, 3.05) is 17.2 Å². The van der Waals surface area contributed by atoms with Crippen LogP contribution >= 0.6 is 0 Å². The average Bonchev–Trinajstić information content (AvgIpc) is 2.71. The maximum atomic E-state index is 13.4. The highest BCUT2D eigenvalue weighted by molar-refractivity contribution is 6.14. The van der Waals surface area contributed by atoms with Gasteiger partial charge in [-0.05, 0) is 68.5 Å². The second kappa shape index (κ2) is 6.88. The van der Waals surface area contributed by atoms with Gasteiger partial charge in [-0.3, -0.25) is 14.6 Å². The first-order valence-corrected chi connectivity index (χ1v) is 9.88. The van der Waals surface area contributed by atoms with Gasteiger partial charge in [0.15, 0.2) is 6.61 Å². The summed E-state index contributed by atoms with van der Waals surface area (Å²) < 4.78 is 5.39. The van der Waals surface area contributed by atoms with E-state index in [0.717, 1.165) is 53.4 Å². The van der Waals surface area contributed by atoms with Crippen LogP contribution in [0.25, 0.3) is 10.9 Å². The lowest BCUT2D eigenvalue weighted by molar-refractivity contribution is -0.118. The highest BCUT2D eigenvalue weighted by atomic mass is 16.5. The number of anilines is 2. The summed E-state index contributed by atoms with van der Waals surface area (Å²) in [5.74, 6) is 0.250. The predicted molar refractivity (Wildman–Crippen MR) is 112 cm³/mol. The van der Waals surface area contributed by atoms with Gasteiger partial charge in [-0.15, -0.1) is 0 Å². The van der Waals surface area contributed by atoms with Gasteiger partial charge in [0.25, 0.3) is 11.8 Å². The van der Waals surface area contributed by atoms with Crippen molar-refractivity contribution in [1.29, 1.82) is 0 Å². The fraction of sp³-hybridized carbons (Fsp3) is 0.261. The molecule has 0 bridgehead atoms. The molecule has 5 rings (SSSR count). The molecule has 2 aliphatic rings. The predicted octanol–water partition coefficient (Wildman–Crippen LogP) is 4.01. The van der Waals surface area contributed by atoms with Crippen molar-refractivity contribution in [2.45, 2.75) is 32.6 Å². The number of nitrogens with one attached hydrogen (secondary N) is 2. The summed E-state index contributed by atoms with van der Waals surface area (Å²) >= 11 is 0. The van der Waals surface area contributed by atoms with Crippen LogP contribution < -0.4 is 15.4 Å². The lowest BCUT2D eigenvalue weighted by Gasteiger charge is -2.21. The molecule has 2 aromatic carbocycles. The zero-order chi connectivity index (χ0) is 20.0. The number of amides is 2. The first kappa shape index (κ1) is 17.7. The summed E-state index contributed by atoms with van der Waals surface area (Å²) in [6.07, 6.45) is 3.93. The number of fused-ring (bicyclic) bond motifs is 3. The molecule has 1 aromatic heterocycles. The van der Waals surface area contributed by atoms with Crippen molar-refractivity contribution in [3.8, 4) is 5.75 Å². The molecule has 0 atom stereocenters. The van der Waals surface area contributed by atoms with Gasteiger partial charge in [0.1, 0.15) is 5.75 Å². The SMILES string of the molecule is Cc1ccc2nc3c(c(C(=O)Nc4ccc5c(c4)NC(=O)CO5)c2c1)CCCC3. The Bertz CT molecular complexity index is 1170. The summed E-state index contributed by atoms with van der Waals surface area (Å²) in [7, 11) is 0. The minimum absolute atomic E-state index is 0.00714. The Balaban J connectivity index is 1.57. The van der Waals surface area contributed by atoms with Crippen LogP contribution in [0.4, 0.5) is 11.4 Å². The number of nitrogens with zero attached hydrogens (tertiary/aromatic N) is 1. The van der Waals surface area contributed by atoms with E-state index in [2.05, 4.69) is 10.6 Å². The molecule has 6 nitrogen and oxygen atoms in total. The van der Waals surface area contributed by atoms with Crippen LogP contribution in [0, 0.1) is 6.92 Å². The number of carbonyl (C=O) groups is 2. The number of pyridine rings is 1. The Morgan fingerprint density at radius 3 is 2.90 bits per heavy atom. The summed E-state index contributed by atoms with van der Waals surface area (Å²) in [6.45, 7) is 2.03. The third kappa shape index (κ3) is 3.20. The van der Waals surface area contributed by atoms with Gasteiger partial charge in [-0.2, -0.15) is 0 Å². The molecule has 0 saturated carbocycles. The zero-order valence-corrected chi connectivity index (χ0v) is 16.2. The molecule has 2 N–H and O–H groups in total. The molecule has 0 radical (unpaired) electrons. The molecule has 1 aliphatic heterocycles. The molecule has 2 amide bonds. The lowest BCUT2D eigenvalue weighted by Crippen LogP contribution is -2.25. The molecule has 0 spiro atoms. The number of ether oxygens (including phenoxy) is 1. The molecule has 2 heterocycles. The van der Waals surface area contributed by atoms with Crippen molar-refractivity contribution < 1.29 is 14.3 Å². The molecule has 146 valence electrons. The van der Waals surface area contributed by atoms with E-state index >= 15 is 0 Å². The molecule has 29 heavy (non-hydrogen) atoms. The molecule has 3 aromatic rings. The van der Waals surface area contributed by atoms with Gasteiger partial charge in [0.05, 0.1) is 16.8 Å². The molecule has 0 saturated heterocycles. The van der Waals surface area contributed by atoms with Gasteiger partial charge in [0.2, 0.25) is 0 Å². The van der Waals surface area contributed by atoms with E-state index in [4.69, 9.17) is 9.72 Å². The molecule has 1 aliphatic carbocycles. The summed E-state index contributed by atoms with van der Waals surface area (Å²) in [6, 6.07) is 11.3. The second-order valence-corrected chi connectivity index (χ2v) is 7.64. The molecular formula is C23H21N3O3. The van der Waals surface area contributed by atoms with Crippen molar-refractivity contribution in [3.63, 3.8) is 0 Å². The van der Waals surface area contributed by atoms with E-state index in [1.807, 2.05) is 25.1 Å². The number of aryl methyl sites for hydroxylation is 2. The number of hydrogen-bond acceptors (Lipinski definition) is 4. The first-order valence-electron chi connectivity index (χ1n) is 9.88. The van der Waals surface area contributed by atoms with E-state index < -0.39 is 0 Å². The van der Waals surface area contributed by atoms with E-state index in [9.17, 15) is 9.59 Å². The highest BCUT2D eigenvalue weighted by Gasteiger charge is 2.23.